The Labute approximate surface area is 120 Å². The number of halogens is 1. The van der Waals surface area contributed by atoms with Crippen molar-refractivity contribution in [3.63, 3.8) is 0 Å². The zero-order valence-electron chi connectivity index (χ0n) is 10.8. The van der Waals surface area contributed by atoms with Gasteiger partial charge in [0.1, 0.15) is 5.82 Å². The molecule has 0 spiro atoms. The Morgan fingerprint density at radius 3 is 2.90 bits per heavy atom. The zero-order chi connectivity index (χ0) is 14.4. The van der Waals surface area contributed by atoms with Gasteiger partial charge in [0.25, 0.3) is 0 Å². The average Bonchev–Trinajstić information content (AvgIpc) is 2.97. The Hall–Kier alpha value is -1.92. The third-order valence-corrected chi connectivity index (χ3v) is 3.84. The van der Waals surface area contributed by atoms with Crippen LogP contribution in [0.2, 0.25) is 0 Å². The SMILES string of the molecule is NC(=NO)c1ccc(CNCCc2cccs2)c(F)c1. The Morgan fingerprint density at radius 1 is 1.40 bits per heavy atom. The van der Waals surface area contributed by atoms with Gasteiger partial charge in [0, 0.05) is 29.1 Å². The molecule has 0 unspecified atom stereocenters. The molecule has 2 aromatic rings. The van der Waals surface area contributed by atoms with E-state index in [1.807, 2.05) is 11.4 Å². The minimum absolute atomic E-state index is 0.0962. The second-order valence-corrected chi connectivity index (χ2v) is 5.33. The fourth-order valence-electron chi connectivity index (χ4n) is 1.80. The molecule has 1 heterocycles. The summed E-state index contributed by atoms with van der Waals surface area (Å²) < 4.78 is 13.8. The minimum atomic E-state index is -0.363. The molecule has 0 aliphatic heterocycles. The fourth-order valence-corrected chi connectivity index (χ4v) is 2.51. The van der Waals surface area contributed by atoms with E-state index in [1.165, 1.54) is 10.9 Å². The lowest BCUT2D eigenvalue weighted by Gasteiger charge is -2.07. The van der Waals surface area contributed by atoms with Gasteiger partial charge in [-0.2, -0.15) is 0 Å². The van der Waals surface area contributed by atoms with Crippen LogP contribution in [0.3, 0.4) is 0 Å². The Balaban J connectivity index is 1.87. The molecule has 20 heavy (non-hydrogen) atoms. The van der Waals surface area contributed by atoms with Crippen molar-refractivity contribution in [3.8, 4) is 0 Å². The van der Waals surface area contributed by atoms with E-state index in [4.69, 9.17) is 10.9 Å². The van der Waals surface area contributed by atoms with Crippen LogP contribution in [0, 0.1) is 5.82 Å². The van der Waals surface area contributed by atoms with Crippen LogP contribution in [-0.2, 0) is 13.0 Å². The number of hydrogen-bond donors (Lipinski definition) is 3. The molecule has 106 valence electrons. The number of amidine groups is 1. The molecular formula is C14H16FN3OS. The topological polar surface area (TPSA) is 70.6 Å². The van der Waals surface area contributed by atoms with Crippen molar-refractivity contribution in [1.82, 2.24) is 5.32 Å². The maximum absolute atomic E-state index is 13.8. The van der Waals surface area contributed by atoms with Gasteiger partial charge in [-0.1, -0.05) is 23.4 Å². The molecule has 0 saturated heterocycles. The van der Waals surface area contributed by atoms with Crippen LogP contribution in [-0.4, -0.2) is 17.6 Å². The third kappa shape index (κ3) is 3.79. The van der Waals surface area contributed by atoms with E-state index in [-0.39, 0.29) is 11.7 Å². The monoisotopic (exact) mass is 293 g/mol. The fraction of sp³-hybridized carbons (Fsp3) is 0.214. The molecule has 0 aliphatic carbocycles. The molecule has 0 radical (unpaired) electrons. The molecule has 4 nitrogen and oxygen atoms in total. The normalized spacial score (nSPS) is 11.8. The number of hydrogen-bond acceptors (Lipinski definition) is 4. The molecule has 1 aromatic carbocycles. The molecule has 0 atom stereocenters. The van der Waals surface area contributed by atoms with E-state index in [0.29, 0.717) is 17.7 Å². The lowest BCUT2D eigenvalue weighted by Crippen LogP contribution is -2.18. The smallest absolute Gasteiger partial charge is 0.170 e. The van der Waals surface area contributed by atoms with Crippen LogP contribution in [0.15, 0.2) is 40.9 Å². The van der Waals surface area contributed by atoms with Crippen molar-refractivity contribution in [2.24, 2.45) is 10.9 Å². The quantitative estimate of drug-likeness (QED) is 0.252. The van der Waals surface area contributed by atoms with Crippen LogP contribution in [0.25, 0.3) is 0 Å². The number of nitrogens with zero attached hydrogens (tertiary/aromatic N) is 1. The highest BCUT2D eigenvalue weighted by Crippen LogP contribution is 2.11. The predicted octanol–water partition coefficient (Wildman–Crippen LogP) is 2.31. The Kier molecular flexibility index (Phi) is 5.09. The van der Waals surface area contributed by atoms with E-state index >= 15 is 0 Å². The first kappa shape index (κ1) is 14.5. The van der Waals surface area contributed by atoms with E-state index in [2.05, 4.69) is 16.5 Å². The standard InChI is InChI=1S/C14H16FN3OS/c15-13-8-10(14(16)18-19)3-4-11(13)9-17-6-5-12-2-1-7-20-12/h1-4,7-8,17,19H,5-6,9H2,(H2,16,18). The van der Waals surface area contributed by atoms with Crippen LogP contribution < -0.4 is 11.1 Å². The number of oxime groups is 1. The molecule has 4 N–H and O–H groups in total. The number of benzene rings is 1. The second-order valence-electron chi connectivity index (χ2n) is 4.30. The summed E-state index contributed by atoms with van der Waals surface area (Å²) in [5, 5.41) is 16.6. The van der Waals surface area contributed by atoms with Crippen molar-refractivity contribution in [2.75, 3.05) is 6.54 Å². The van der Waals surface area contributed by atoms with Crippen molar-refractivity contribution in [3.05, 3.63) is 57.5 Å². The lowest BCUT2D eigenvalue weighted by molar-refractivity contribution is 0.318. The van der Waals surface area contributed by atoms with Gasteiger partial charge in [-0.15, -0.1) is 11.3 Å². The predicted molar refractivity (Wildman–Crippen MR) is 78.6 cm³/mol. The first-order valence-electron chi connectivity index (χ1n) is 6.20. The first-order valence-corrected chi connectivity index (χ1v) is 7.08. The zero-order valence-corrected chi connectivity index (χ0v) is 11.7. The van der Waals surface area contributed by atoms with E-state index < -0.39 is 0 Å². The lowest BCUT2D eigenvalue weighted by atomic mass is 10.1. The summed E-state index contributed by atoms with van der Waals surface area (Å²) in [6.45, 7) is 1.25. The Morgan fingerprint density at radius 2 is 2.25 bits per heavy atom. The van der Waals surface area contributed by atoms with Crippen molar-refractivity contribution in [2.45, 2.75) is 13.0 Å². The van der Waals surface area contributed by atoms with Gasteiger partial charge in [0.15, 0.2) is 5.84 Å². The number of rotatable bonds is 6. The van der Waals surface area contributed by atoms with Crippen LogP contribution in [0.4, 0.5) is 4.39 Å². The van der Waals surface area contributed by atoms with Gasteiger partial charge in [-0.05, 0) is 23.9 Å². The average molecular weight is 293 g/mol. The summed E-state index contributed by atoms with van der Waals surface area (Å²) in [5.41, 5.74) is 6.34. The van der Waals surface area contributed by atoms with Gasteiger partial charge in [0.2, 0.25) is 0 Å². The summed E-state index contributed by atoms with van der Waals surface area (Å²) in [5.74, 6) is -0.459. The van der Waals surface area contributed by atoms with E-state index in [1.54, 1.807) is 23.5 Å². The molecule has 6 heteroatoms. The molecule has 2 rings (SSSR count). The molecule has 0 saturated carbocycles. The Bertz CT molecular complexity index is 584. The number of nitrogens with two attached hydrogens (primary N) is 1. The minimum Gasteiger partial charge on any atom is -0.409 e. The highest BCUT2D eigenvalue weighted by Gasteiger charge is 2.06. The number of thiophene rings is 1. The van der Waals surface area contributed by atoms with Gasteiger partial charge >= 0.3 is 0 Å². The van der Waals surface area contributed by atoms with Gasteiger partial charge in [-0.3, -0.25) is 0 Å². The molecule has 0 bridgehead atoms. The summed E-state index contributed by atoms with van der Waals surface area (Å²) in [4.78, 5) is 1.31. The second kappa shape index (κ2) is 7.02. The highest BCUT2D eigenvalue weighted by atomic mass is 32.1. The maximum Gasteiger partial charge on any atom is 0.170 e. The summed E-state index contributed by atoms with van der Waals surface area (Å²) in [6, 6.07) is 8.64. The molecule has 0 aliphatic rings. The summed E-state index contributed by atoms with van der Waals surface area (Å²) in [6.07, 6.45) is 0.932. The third-order valence-electron chi connectivity index (χ3n) is 2.90. The summed E-state index contributed by atoms with van der Waals surface area (Å²) >= 11 is 1.72. The largest absolute Gasteiger partial charge is 0.409 e. The van der Waals surface area contributed by atoms with Gasteiger partial charge in [-0.25, -0.2) is 4.39 Å². The van der Waals surface area contributed by atoms with E-state index in [9.17, 15) is 4.39 Å². The molecule has 0 amide bonds. The van der Waals surface area contributed by atoms with Crippen LogP contribution in [0.1, 0.15) is 16.0 Å². The molecular weight excluding hydrogens is 277 g/mol. The molecule has 1 aromatic heterocycles. The van der Waals surface area contributed by atoms with Crippen molar-refractivity contribution in [1.29, 1.82) is 0 Å². The van der Waals surface area contributed by atoms with Crippen molar-refractivity contribution >= 4 is 17.2 Å². The maximum atomic E-state index is 13.8. The van der Waals surface area contributed by atoms with E-state index in [0.717, 1.165) is 13.0 Å². The van der Waals surface area contributed by atoms with Crippen LogP contribution in [0.5, 0.6) is 0 Å². The van der Waals surface area contributed by atoms with Gasteiger partial charge < -0.3 is 16.3 Å². The molecule has 0 fully saturated rings. The van der Waals surface area contributed by atoms with Crippen LogP contribution >= 0.6 is 11.3 Å². The first-order chi connectivity index (χ1) is 9.70. The summed E-state index contributed by atoms with van der Waals surface area (Å²) in [7, 11) is 0. The van der Waals surface area contributed by atoms with Gasteiger partial charge in [0.05, 0.1) is 0 Å². The highest BCUT2D eigenvalue weighted by molar-refractivity contribution is 7.09. The number of nitrogens with one attached hydrogen (secondary N) is 1. The van der Waals surface area contributed by atoms with Crippen molar-refractivity contribution < 1.29 is 9.60 Å².